The first-order valence-corrected chi connectivity index (χ1v) is 10.4. The molecule has 7 heteroatoms. The van der Waals surface area contributed by atoms with Gasteiger partial charge in [0.2, 0.25) is 0 Å². The minimum absolute atomic E-state index is 0.0928. The first-order valence-electron chi connectivity index (χ1n) is 9.62. The van der Waals surface area contributed by atoms with Gasteiger partial charge in [0.15, 0.2) is 6.10 Å². The molecular formula is C22H27N3O3S. The molecule has 29 heavy (non-hydrogen) atoms. The summed E-state index contributed by atoms with van der Waals surface area (Å²) in [6, 6.07) is 10.2. The van der Waals surface area contributed by atoms with Crippen molar-refractivity contribution >= 4 is 23.2 Å². The van der Waals surface area contributed by atoms with Gasteiger partial charge in [-0.3, -0.25) is 4.79 Å². The summed E-state index contributed by atoms with van der Waals surface area (Å²) in [7, 11) is 0. The zero-order valence-corrected chi connectivity index (χ0v) is 18.5. The molecule has 2 rings (SSSR count). The van der Waals surface area contributed by atoms with E-state index in [1.54, 1.807) is 13.8 Å². The van der Waals surface area contributed by atoms with Crippen LogP contribution in [0.2, 0.25) is 0 Å². The van der Waals surface area contributed by atoms with Crippen molar-refractivity contribution in [3.8, 4) is 16.6 Å². The maximum Gasteiger partial charge on any atom is 0.351 e. The second-order valence-electron chi connectivity index (χ2n) is 7.49. The van der Waals surface area contributed by atoms with Gasteiger partial charge >= 0.3 is 5.97 Å². The molecule has 1 N–H and O–H groups in total. The number of benzene rings is 1. The van der Waals surface area contributed by atoms with Gasteiger partial charge in [0.1, 0.15) is 15.4 Å². The average Bonchev–Trinajstić information content (AvgIpc) is 3.09. The summed E-state index contributed by atoms with van der Waals surface area (Å²) in [4.78, 5) is 29.9. The van der Waals surface area contributed by atoms with E-state index in [-0.39, 0.29) is 5.92 Å². The number of amides is 1. The number of rotatable bonds is 7. The number of nitriles is 1. The summed E-state index contributed by atoms with van der Waals surface area (Å²) in [6.07, 6.45) is -0.0705. The van der Waals surface area contributed by atoms with Crippen LogP contribution in [0.25, 0.3) is 10.6 Å². The van der Waals surface area contributed by atoms with Gasteiger partial charge in [-0.05, 0) is 38.7 Å². The third-order valence-corrected chi connectivity index (χ3v) is 6.20. The van der Waals surface area contributed by atoms with Crippen LogP contribution < -0.4 is 5.32 Å². The Morgan fingerprint density at radius 3 is 2.41 bits per heavy atom. The number of hydrogen-bond acceptors (Lipinski definition) is 6. The SMILES string of the molecule is CCc1ccc(-c2nc(C)c(C(=O)OC(C)C(=O)NC(C)(C#N)C(C)C)s2)cc1. The average molecular weight is 414 g/mol. The molecule has 0 bridgehead atoms. The van der Waals surface area contributed by atoms with Crippen LogP contribution in [0.4, 0.5) is 0 Å². The Balaban J connectivity index is 2.11. The Bertz CT molecular complexity index is 928. The summed E-state index contributed by atoms with van der Waals surface area (Å²) >= 11 is 1.24. The zero-order chi connectivity index (χ0) is 21.8. The molecule has 0 fully saturated rings. The summed E-state index contributed by atoms with van der Waals surface area (Å²) in [5.41, 5.74) is 1.69. The molecule has 1 amide bonds. The lowest BCUT2D eigenvalue weighted by molar-refractivity contribution is -0.130. The lowest BCUT2D eigenvalue weighted by Crippen LogP contribution is -2.52. The second kappa shape index (κ2) is 9.19. The Hall–Kier alpha value is -2.72. The van der Waals surface area contributed by atoms with Crippen molar-refractivity contribution in [2.45, 2.75) is 59.6 Å². The monoisotopic (exact) mass is 413 g/mol. The molecule has 0 saturated heterocycles. The number of thiazole rings is 1. The highest BCUT2D eigenvalue weighted by Gasteiger charge is 2.33. The molecular weight excluding hydrogens is 386 g/mol. The molecule has 154 valence electrons. The lowest BCUT2D eigenvalue weighted by atomic mass is 9.90. The fourth-order valence-corrected chi connectivity index (χ4v) is 3.47. The second-order valence-corrected chi connectivity index (χ2v) is 8.49. The molecule has 6 nitrogen and oxygen atoms in total. The number of hydrogen-bond donors (Lipinski definition) is 1. The highest BCUT2D eigenvalue weighted by molar-refractivity contribution is 7.17. The van der Waals surface area contributed by atoms with Crippen molar-refractivity contribution in [1.82, 2.24) is 10.3 Å². The first kappa shape index (κ1) is 22.6. The van der Waals surface area contributed by atoms with Crippen molar-refractivity contribution in [1.29, 1.82) is 5.26 Å². The van der Waals surface area contributed by atoms with Crippen LogP contribution in [0.15, 0.2) is 24.3 Å². The van der Waals surface area contributed by atoms with E-state index in [1.165, 1.54) is 23.8 Å². The van der Waals surface area contributed by atoms with Crippen molar-refractivity contribution in [3.63, 3.8) is 0 Å². The third kappa shape index (κ3) is 5.21. The summed E-state index contributed by atoms with van der Waals surface area (Å²) in [5.74, 6) is -1.19. The van der Waals surface area contributed by atoms with Crippen molar-refractivity contribution in [2.24, 2.45) is 5.92 Å². The van der Waals surface area contributed by atoms with Crippen molar-refractivity contribution < 1.29 is 14.3 Å². The van der Waals surface area contributed by atoms with E-state index in [0.29, 0.717) is 10.6 Å². The Morgan fingerprint density at radius 2 is 1.90 bits per heavy atom. The number of aryl methyl sites for hydroxylation is 2. The van der Waals surface area contributed by atoms with Gasteiger partial charge in [-0.2, -0.15) is 5.26 Å². The summed E-state index contributed by atoms with van der Waals surface area (Å²) < 4.78 is 5.34. The highest BCUT2D eigenvalue weighted by atomic mass is 32.1. The number of nitrogens with one attached hydrogen (secondary N) is 1. The van der Waals surface area contributed by atoms with Gasteiger partial charge < -0.3 is 10.1 Å². The Kier molecular flexibility index (Phi) is 7.15. The minimum atomic E-state index is -1.03. The van der Waals surface area contributed by atoms with Crippen LogP contribution in [0.5, 0.6) is 0 Å². The number of nitrogens with zero attached hydrogens (tertiary/aromatic N) is 2. The largest absolute Gasteiger partial charge is 0.448 e. The molecule has 1 aromatic heterocycles. The Morgan fingerprint density at radius 1 is 1.28 bits per heavy atom. The van der Waals surface area contributed by atoms with Crippen molar-refractivity contribution in [2.75, 3.05) is 0 Å². The van der Waals surface area contributed by atoms with Gasteiger partial charge in [0.05, 0.1) is 11.8 Å². The topological polar surface area (TPSA) is 92.1 Å². The van der Waals surface area contributed by atoms with E-state index >= 15 is 0 Å². The fourth-order valence-electron chi connectivity index (χ4n) is 2.52. The van der Waals surface area contributed by atoms with E-state index < -0.39 is 23.5 Å². The van der Waals surface area contributed by atoms with Crippen LogP contribution in [0, 0.1) is 24.2 Å². The van der Waals surface area contributed by atoms with E-state index in [4.69, 9.17) is 4.74 Å². The molecule has 2 unspecified atom stereocenters. The molecule has 0 spiro atoms. The minimum Gasteiger partial charge on any atom is -0.448 e. The summed E-state index contributed by atoms with van der Waals surface area (Å²) in [5, 5.41) is 12.7. The summed E-state index contributed by atoms with van der Waals surface area (Å²) in [6.45, 7) is 10.7. The van der Waals surface area contributed by atoms with E-state index in [0.717, 1.165) is 17.0 Å². The maximum atomic E-state index is 12.6. The van der Waals surface area contributed by atoms with E-state index in [1.807, 2.05) is 38.1 Å². The van der Waals surface area contributed by atoms with Crippen molar-refractivity contribution in [3.05, 3.63) is 40.4 Å². The lowest BCUT2D eigenvalue weighted by Gasteiger charge is -2.28. The molecule has 0 saturated carbocycles. The van der Waals surface area contributed by atoms with Crippen LogP contribution in [-0.2, 0) is 16.0 Å². The van der Waals surface area contributed by atoms with E-state index in [2.05, 4.69) is 23.3 Å². The zero-order valence-electron chi connectivity index (χ0n) is 17.7. The molecule has 1 aromatic carbocycles. The molecule has 0 aliphatic rings. The maximum absolute atomic E-state index is 12.6. The van der Waals surface area contributed by atoms with Crippen LogP contribution >= 0.6 is 11.3 Å². The van der Waals surface area contributed by atoms with Crippen LogP contribution in [0.1, 0.15) is 55.5 Å². The standard InChI is InChI=1S/C22H27N3O3S/c1-7-16-8-10-17(11-9-16)20-24-14(4)18(29-20)21(27)28-15(5)19(26)25-22(6,12-23)13(2)3/h8-11,13,15H,7H2,1-6H3,(H,25,26). The first-order chi connectivity index (χ1) is 13.6. The molecule has 0 aliphatic heterocycles. The molecule has 1 heterocycles. The quantitative estimate of drug-likeness (QED) is 0.684. The fraction of sp³-hybridized carbons (Fsp3) is 0.455. The van der Waals surface area contributed by atoms with Gasteiger partial charge in [0, 0.05) is 5.56 Å². The Labute approximate surface area is 175 Å². The number of carbonyl (C=O) groups is 2. The van der Waals surface area contributed by atoms with E-state index in [9.17, 15) is 14.9 Å². The van der Waals surface area contributed by atoms with Crippen LogP contribution in [0.3, 0.4) is 0 Å². The van der Waals surface area contributed by atoms with Crippen LogP contribution in [-0.4, -0.2) is 28.5 Å². The molecule has 0 radical (unpaired) electrons. The molecule has 2 aromatic rings. The number of carbonyl (C=O) groups excluding carboxylic acids is 2. The van der Waals surface area contributed by atoms with Gasteiger partial charge in [-0.15, -0.1) is 11.3 Å². The normalized spacial score (nSPS) is 14.0. The number of esters is 1. The predicted octanol–water partition coefficient (Wildman–Crippen LogP) is 4.28. The number of aromatic nitrogens is 1. The van der Waals surface area contributed by atoms with Gasteiger partial charge in [-0.1, -0.05) is 45.0 Å². The molecule has 2 atom stereocenters. The van der Waals surface area contributed by atoms with Gasteiger partial charge in [0.25, 0.3) is 5.91 Å². The molecule has 0 aliphatic carbocycles. The third-order valence-electron chi connectivity index (χ3n) is 5.01. The highest BCUT2D eigenvalue weighted by Crippen LogP contribution is 2.29. The van der Waals surface area contributed by atoms with Gasteiger partial charge in [-0.25, -0.2) is 9.78 Å². The predicted molar refractivity (Wildman–Crippen MR) is 114 cm³/mol. The number of ether oxygens (including phenoxy) is 1. The smallest absolute Gasteiger partial charge is 0.351 e.